The highest BCUT2D eigenvalue weighted by Crippen LogP contribution is 2.41. The van der Waals surface area contributed by atoms with Crippen molar-refractivity contribution in [2.45, 2.75) is 61.0 Å². The van der Waals surface area contributed by atoms with Gasteiger partial charge in [0.1, 0.15) is 42.4 Å². The summed E-state index contributed by atoms with van der Waals surface area (Å²) in [7, 11) is 1.55. The Bertz CT molecular complexity index is 1140. The molecule has 0 unspecified atom stereocenters. The molecule has 39 heavy (non-hydrogen) atoms. The fourth-order valence-electron chi connectivity index (χ4n) is 4.65. The van der Waals surface area contributed by atoms with E-state index in [1.807, 2.05) is 12.1 Å². The minimum Gasteiger partial charge on any atom is -0.497 e. The van der Waals surface area contributed by atoms with Crippen molar-refractivity contribution in [3.05, 3.63) is 64.2 Å². The largest absolute Gasteiger partial charge is 0.497 e. The third kappa shape index (κ3) is 5.77. The summed E-state index contributed by atoms with van der Waals surface area (Å²) < 4.78 is 21.9. The Balaban J connectivity index is 1.70. The van der Waals surface area contributed by atoms with Crippen LogP contribution in [-0.4, -0.2) is 111 Å². The van der Waals surface area contributed by atoms with E-state index >= 15 is 0 Å². The first-order valence-electron chi connectivity index (χ1n) is 12.2. The summed E-state index contributed by atoms with van der Waals surface area (Å²) in [5, 5.41) is 72.2. The molecule has 0 radical (unpaired) electrons. The lowest BCUT2D eigenvalue weighted by Crippen LogP contribution is -2.65. The summed E-state index contributed by atoms with van der Waals surface area (Å²) >= 11 is 6.46. The summed E-state index contributed by atoms with van der Waals surface area (Å²) in [4.78, 5) is 11.9. The van der Waals surface area contributed by atoms with Crippen LogP contribution in [0, 0.1) is 0 Å². The highest BCUT2D eigenvalue weighted by atomic mass is 35.5. The lowest BCUT2D eigenvalue weighted by Gasteiger charge is -2.49. The van der Waals surface area contributed by atoms with Gasteiger partial charge in [0.15, 0.2) is 12.2 Å². The number of hydrogen-bond donors (Lipinski definition) is 7. The summed E-state index contributed by atoms with van der Waals surface area (Å²) in [5.41, 5.74) is 1.56. The Labute approximate surface area is 228 Å². The molecule has 0 bridgehead atoms. The molecule has 0 amide bonds. The number of carbonyl (C=O) groups excluding carboxylic acids is 1. The van der Waals surface area contributed by atoms with Gasteiger partial charge in [-0.1, -0.05) is 29.8 Å². The number of benzene rings is 2. The van der Waals surface area contributed by atoms with Crippen LogP contribution in [0.25, 0.3) is 0 Å². The summed E-state index contributed by atoms with van der Waals surface area (Å²) in [6, 6.07) is 11.7. The van der Waals surface area contributed by atoms with Gasteiger partial charge in [-0.25, -0.2) is 4.79 Å². The van der Waals surface area contributed by atoms with E-state index in [0.29, 0.717) is 22.8 Å². The predicted molar refractivity (Wildman–Crippen MR) is 133 cm³/mol. The van der Waals surface area contributed by atoms with Gasteiger partial charge in [0.2, 0.25) is 5.79 Å². The minimum absolute atomic E-state index is 0.129. The van der Waals surface area contributed by atoms with Gasteiger partial charge in [-0.3, -0.25) is 0 Å². The van der Waals surface area contributed by atoms with Crippen molar-refractivity contribution in [3.8, 4) is 5.75 Å². The molecule has 0 aromatic heterocycles. The molecule has 2 heterocycles. The topological polar surface area (TPSA) is 196 Å². The van der Waals surface area contributed by atoms with Crippen molar-refractivity contribution >= 4 is 17.6 Å². The third-order valence-electron chi connectivity index (χ3n) is 6.98. The van der Waals surface area contributed by atoms with Gasteiger partial charge >= 0.3 is 5.97 Å². The van der Waals surface area contributed by atoms with Crippen LogP contribution in [0.1, 0.15) is 16.7 Å². The molecule has 2 aliphatic heterocycles. The highest BCUT2D eigenvalue weighted by Gasteiger charge is 2.56. The summed E-state index contributed by atoms with van der Waals surface area (Å²) in [5.74, 6) is -2.79. The number of ether oxygens (including phenoxy) is 4. The number of carbonyl (C=O) groups is 1. The Morgan fingerprint density at radius 3 is 2.23 bits per heavy atom. The number of methoxy groups -OCH3 is 1. The predicted octanol–water partition coefficient (Wildman–Crippen LogP) is -1.41. The molecule has 9 atom stereocenters. The number of rotatable bonds is 8. The van der Waals surface area contributed by atoms with Crippen LogP contribution in [0.15, 0.2) is 42.5 Å². The number of cyclic esters (lactones) is 1. The number of halogens is 1. The standard InChI is InChI=1S/C26H31ClO12/c1-36-15-5-2-12(3-6-15)8-13-9-14(4-7-16(13)27)26(24(34)22(32)19(29)17(10-28)39-26)37-11-18-20(30)21(31)23(33)25(35)38-18/h2-7,9,17-24,28-34H,8,10-11H2,1H3/t17-,18-,19-,20-,21+,22+,23-,24-,26+/m1/s1. The molecule has 13 heteroatoms. The van der Waals surface area contributed by atoms with Gasteiger partial charge in [-0.05, 0) is 41.8 Å². The van der Waals surface area contributed by atoms with Gasteiger partial charge in [-0.15, -0.1) is 0 Å². The number of hydrogen-bond acceptors (Lipinski definition) is 12. The average Bonchev–Trinajstić information content (AvgIpc) is 2.94. The van der Waals surface area contributed by atoms with Crippen molar-refractivity contribution < 1.29 is 59.5 Å². The molecule has 214 valence electrons. The normalized spacial score (nSPS) is 34.9. The molecule has 0 spiro atoms. The molecule has 2 aromatic carbocycles. The summed E-state index contributed by atoms with van der Waals surface area (Å²) in [6.45, 7) is -1.43. The Kier molecular flexibility index (Phi) is 9.13. The fraction of sp³-hybridized carbons (Fsp3) is 0.500. The maximum atomic E-state index is 11.9. The molecular formula is C26H31ClO12. The molecule has 2 aliphatic rings. The van der Waals surface area contributed by atoms with E-state index in [9.17, 15) is 40.5 Å². The molecule has 12 nitrogen and oxygen atoms in total. The first kappa shape index (κ1) is 29.6. The van der Waals surface area contributed by atoms with E-state index in [1.165, 1.54) is 12.1 Å². The number of aliphatic hydroxyl groups excluding tert-OH is 7. The Morgan fingerprint density at radius 1 is 0.923 bits per heavy atom. The monoisotopic (exact) mass is 570 g/mol. The molecule has 2 aromatic rings. The van der Waals surface area contributed by atoms with Gasteiger partial charge in [0, 0.05) is 10.6 Å². The van der Waals surface area contributed by atoms with Gasteiger partial charge in [0.25, 0.3) is 0 Å². The van der Waals surface area contributed by atoms with E-state index in [0.717, 1.165) is 5.56 Å². The van der Waals surface area contributed by atoms with Crippen LogP contribution in [0.2, 0.25) is 5.02 Å². The second-order valence-electron chi connectivity index (χ2n) is 9.48. The molecular weight excluding hydrogens is 540 g/mol. The molecule has 4 rings (SSSR count). The van der Waals surface area contributed by atoms with E-state index in [4.69, 9.17) is 30.5 Å². The first-order valence-corrected chi connectivity index (χ1v) is 12.5. The maximum Gasteiger partial charge on any atom is 0.338 e. The SMILES string of the molecule is COc1ccc(Cc2cc([C@]3(OC[C@H]4OC(=O)[C@H](O)[C@@H](O)[C@@H]4O)O[C@H](CO)[C@@H](O)[C@H](O)[C@H]3O)ccc2Cl)cc1. The van der Waals surface area contributed by atoms with Gasteiger partial charge < -0.3 is 54.7 Å². The molecule has 0 saturated carbocycles. The van der Waals surface area contributed by atoms with Crippen molar-refractivity contribution in [2.24, 2.45) is 0 Å². The van der Waals surface area contributed by atoms with Crippen LogP contribution in [0.4, 0.5) is 0 Å². The lowest BCUT2D eigenvalue weighted by atomic mass is 9.86. The molecule has 0 aliphatic carbocycles. The zero-order valence-electron chi connectivity index (χ0n) is 20.8. The quantitative estimate of drug-likeness (QED) is 0.183. The Hall–Kier alpha value is -2.36. The first-order chi connectivity index (χ1) is 18.5. The van der Waals surface area contributed by atoms with Gasteiger partial charge in [-0.2, -0.15) is 0 Å². The minimum atomic E-state index is -2.25. The summed E-state index contributed by atoms with van der Waals surface area (Å²) in [6.07, 6.45) is -13.6. The smallest absolute Gasteiger partial charge is 0.338 e. The maximum absolute atomic E-state index is 11.9. The van der Waals surface area contributed by atoms with Crippen molar-refractivity contribution in [3.63, 3.8) is 0 Å². The highest BCUT2D eigenvalue weighted by molar-refractivity contribution is 6.31. The average molecular weight is 571 g/mol. The van der Waals surface area contributed by atoms with Crippen LogP contribution in [-0.2, 0) is 31.2 Å². The van der Waals surface area contributed by atoms with E-state index in [1.54, 1.807) is 25.3 Å². The Morgan fingerprint density at radius 2 is 1.59 bits per heavy atom. The number of esters is 1. The van der Waals surface area contributed by atoms with E-state index in [-0.39, 0.29) is 5.56 Å². The molecule has 7 N–H and O–H groups in total. The van der Waals surface area contributed by atoms with Crippen molar-refractivity contribution in [1.82, 2.24) is 0 Å². The lowest BCUT2D eigenvalue weighted by molar-refractivity contribution is -0.378. The third-order valence-corrected chi connectivity index (χ3v) is 7.35. The van der Waals surface area contributed by atoms with Crippen LogP contribution < -0.4 is 4.74 Å². The van der Waals surface area contributed by atoms with Gasteiger partial charge in [0.05, 0.1) is 20.3 Å². The second kappa shape index (κ2) is 12.0. The second-order valence-corrected chi connectivity index (χ2v) is 9.88. The van der Waals surface area contributed by atoms with Crippen LogP contribution in [0.5, 0.6) is 5.75 Å². The van der Waals surface area contributed by atoms with Crippen LogP contribution in [0.3, 0.4) is 0 Å². The zero-order valence-corrected chi connectivity index (χ0v) is 21.6. The van der Waals surface area contributed by atoms with Crippen molar-refractivity contribution in [1.29, 1.82) is 0 Å². The number of aliphatic hydroxyl groups is 7. The molecule has 2 fully saturated rings. The van der Waals surface area contributed by atoms with Crippen molar-refractivity contribution in [2.75, 3.05) is 20.3 Å². The zero-order chi connectivity index (χ0) is 28.5. The van der Waals surface area contributed by atoms with E-state index in [2.05, 4.69) is 0 Å². The van der Waals surface area contributed by atoms with E-state index < -0.39 is 73.8 Å². The van der Waals surface area contributed by atoms with Crippen LogP contribution >= 0.6 is 11.6 Å². The molecule has 2 saturated heterocycles. The fourth-order valence-corrected chi connectivity index (χ4v) is 4.83.